The van der Waals surface area contributed by atoms with E-state index in [2.05, 4.69) is 57.8 Å². The minimum absolute atomic E-state index is 0.199. The van der Waals surface area contributed by atoms with E-state index in [1.807, 2.05) is 11.8 Å². The summed E-state index contributed by atoms with van der Waals surface area (Å²) in [6, 6.07) is 6.54. The van der Waals surface area contributed by atoms with Crippen molar-refractivity contribution in [3.8, 4) is 0 Å². The van der Waals surface area contributed by atoms with Crippen LogP contribution in [0.4, 0.5) is 5.95 Å². The Hall–Kier alpha value is -3.46. The summed E-state index contributed by atoms with van der Waals surface area (Å²) in [4.78, 5) is 36.9. The summed E-state index contributed by atoms with van der Waals surface area (Å²) in [6.07, 6.45) is 8.26. The zero-order valence-corrected chi connectivity index (χ0v) is 20.7. The summed E-state index contributed by atoms with van der Waals surface area (Å²) < 4.78 is 2.17. The summed E-state index contributed by atoms with van der Waals surface area (Å²) in [5, 5.41) is 9.99. The van der Waals surface area contributed by atoms with Crippen LogP contribution >= 0.6 is 0 Å². The molecule has 0 saturated carbocycles. The SMILES string of the molecule is CCC(=O)N(CCc1cn(C)c2cc(C)ccc12)CC1CCN(c2ncc(C(=O)NO)cn2)CC1. The van der Waals surface area contributed by atoms with Gasteiger partial charge in [-0.25, -0.2) is 15.4 Å². The summed E-state index contributed by atoms with van der Waals surface area (Å²) in [7, 11) is 2.08. The maximum atomic E-state index is 12.8. The molecule has 1 aromatic carbocycles. The number of aryl methyl sites for hydroxylation is 2. The van der Waals surface area contributed by atoms with Crippen LogP contribution in [0.25, 0.3) is 10.9 Å². The number of hydroxylamine groups is 1. The molecule has 3 heterocycles. The first-order valence-electron chi connectivity index (χ1n) is 12.2. The van der Waals surface area contributed by atoms with Crippen LogP contribution in [0.3, 0.4) is 0 Å². The van der Waals surface area contributed by atoms with Gasteiger partial charge in [0.25, 0.3) is 5.91 Å². The number of aromatic nitrogens is 3. The van der Waals surface area contributed by atoms with E-state index < -0.39 is 5.91 Å². The van der Waals surface area contributed by atoms with E-state index in [0.29, 0.717) is 18.3 Å². The van der Waals surface area contributed by atoms with Crippen molar-refractivity contribution in [2.75, 3.05) is 31.1 Å². The number of piperidine rings is 1. The van der Waals surface area contributed by atoms with Crippen LogP contribution in [0.5, 0.6) is 0 Å². The summed E-state index contributed by atoms with van der Waals surface area (Å²) in [6.45, 7) is 7.12. The van der Waals surface area contributed by atoms with Crippen molar-refractivity contribution < 1.29 is 14.8 Å². The van der Waals surface area contributed by atoms with Gasteiger partial charge >= 0.3 is 0 Å². The van der Waals surface area contributed by atoms with Crippen LogP contribution in [-0.2, 0) is 18.3 Å². The highest BCUT2D eigenvalue weighted by molar-refractivity contribution is 5.92. The summed E-state index contributed by atoms with van der Waals surface area (Å²) in [5.74, 6) is 0.570. The summed E-state index contributed by atoms with van der Waals surface area (Å²) in [5.41, 5.74) is 5.55. The molecule has 1 aliphatic heterocycles. The van der Waals surface area contributed by atoms with Gasteiger partial charge < -0.3 is 14.4 Å². The van der Waals surface area contributed by atoms with Gasteiger partial charge in [-0.1, -0.05) is 19.1 Å². The molecule has 2 amide bonds. The first-order chi connectivity index (χ1) is 16.9. The number of hydrogen-bond donors (Lipinski definition) is 2. The highest BCUT2D eigenvalue weighted by Crippen LogP contribution is 2.24. The quantitative estimate of drug-likeness (QED) is 0.381. The Morgan fingerprint density at radius 2 is 1.91 bits per heavy atom. The van der Waals surface area contributed by atoms with Crippen molar-refractivity contribution in [1.29, 1.82) is 0 Å². The normalized spacial score (nSPS) is 14.3. The predicted molar refractivity (Wildman–Crippen MR) is 134 cm³/mol. The molecule has 3 aromatic rings. The first-order valence-corrected chi connectivity index (χ1v) is 12.2. The number of carbonyl (C=O) groups excluding carboxylic acids is 2. The fraction of sp³-hybridized carbons (Fsp3) is 0.462. The number of rotatable bonds is 8. The molecule has 0 aliphatic carbocycles. The van der Waals surface area contributed by atoms with E-state index in [9.17, 15) is 9.59 Å². The lowest BCUT2D eigenvalue weighted by Gasteiger charge is -2.35. The maximum absolute atomic E-state index is 12.8. The van der Waals surface area contributed by atoms with Crippen LogP contribution in [0, 0.1) is 12.8 Å². The van der Waals surface area contributed by atoms with Crippen molar-refractivity contribution in [1.82, 2.24) is 24.9 Å². The maximum Gasteiger partial charge on any atom is 0.277 e. The van der Waals surface area contributed by atoms with Crippen LogP contribution in [0.2, 0.25) is 0 Å². The van der Waals surface area contributed by atoms with E-state index in [1.54, 1.807) is 5.48 Å². The summed E-state index contributed by atoms with van der Waals surface area (Å²) >= 11 is 0. The average molecular weight is 479 g/mol. The molecule has 9 nitrogen and oxygen atoms in total. The minimum atomic E-state index is -0.630. The first kappa shape index (κ1) is 24.7. The van der Waals surface area contributed by atoms with Crippen LogP contribution in [0.15, 0.2) is 36.8 Å². The van der Waals surface area contributed by atoms with Crippen molar-refractivity contribution in [3.63, 3.8) is 0 Å². The highest BCUT2D eigenvalue weighted by Gasteiger charge is 2.25. The largest absolute Gasteiger partial charge is 0.350 e. The fourth-order valence-corrected chi connectivity index (χ4v) is 4.87. The molecule has 1 aliphatic rings. The molecule has 2 aromatic heterocycles. The molecule has 1 saturated heterocycles. The van der Waals surface area contributed by atoms with Gasteiger partial charge in [-0.15, -0.1) is 0 Å². The highest BCUT2D eigenvalue weighted by atomic mass is 16.5. The zero-order chi connectivity index (χ0) is 24.9. The van der Waals surface area contributed by atoms with E-state index >= 15 is 0 Å². The number of carbonyl (C=O) groups is 2. The molecular formula is C26H34N6O3. The minimum Gasteiger partial charge on any atom is -0.350 e. The second-order valence-electron chi connectivity index (χ2n) is 9.37. The van der Waals surface area contributed by atoms with Crippen molar-refractivity contribution in [2.45, 2.75) is 39.5 Å². The van der Waals surface area contributed by atoms with Gasteiger partial charge in [0.15, 0.2) is 0 Å². The van der Waals surface area contributed by atoms with E-state index in [-0.39, 0.29) is 11.5 Å². The van der Waals surface area contributed by atoms with Gasteiger partial charge in [-0.05, 0) is 49.3 Å². The molecule has 0 unspecified atom stereocenters. The Balaban J connectivity index is 1.35. The number of nitrogens with zero attached hydrogens (tertiary/aromatic N) is 5. The van der Waals surface area contributed by atoms with Crippen LogP contribution in [-0.4, -0.2) is 62.6 Å². The monoisotopic (exact) mass is 478 g/mol. The Morgan fingerprint density at radius 3 is 2.57 bits per heavy atom. The Morgan fingerprint density at radius 1 is 1.20 bits per heavy atom. The van der Waals surface area contributed by atoms with Gasteiger partial charge in [0.2, 0.25) is 11.9 Å². The predicted octanol–water partition coefficient (Wildman–Crippen LogP) is 3.09. The van der Waals surface area contributed by atoms with Crippen LogP contribution in [0.1, 0.15) is 47.7 Å². The van der Waals surface area contributed by atoms with Crippen LogP contribution < -0.4 is 10.4 Å². The third-order valence-electron chi connectivity index (χ3n) is 6.91. The molecule has 2 N–H and O–H groups in total. The molecule has 0 radical (unpaired) electrons. The smallest absolute Gasteiger partial charge is 0.277 e. The second kappa shape index (κ2) is 10.9. The Kier molecular flexibility index (Phi) is 7.65. The Labute approximate surface area is 205 Å². The third-order valence-corrected chi connectivity index (χ3v) is 6.91. The lowest BCUT2D eigenvalue weighted by atomic mass is 9.96. The zero-order valence-electron chi connectivity index (χ0n) is 20.7. The molecule has 1 fully saturated rings. The Bertz CT molecular complexity index is 1180. The molecule has 0 spiro atoms. The van der Waals surface area contributed by atoms with Gasteiger partial charge in [0.1, 0.15) is 0 Å². The molecule has 9 heteroatoms. The number of hydrogen-bond acceptors (Lipinski definition) is 6. The van der Waals surface area contributed by atoms with Gasteiger partial charge in [0, 0.05) is 69.1 Å². The lowest BCUT2D eigenvalue weighted by Crippen LogP contribution is -2.42. The number of benzene rings is 1. The molecule has 35 heavy (non-hydrogen) atoms. The van der Waals surface area contributed by atoms with Crippen molar-refractivity contribution >= 4 is 28.7 Å². The topological polar surface area (TPSA) is 104 Å². The molecule has 0 atom stereocenters. The number of anilines is 1. The van der Waals surface area contributed by atoms with E-state index in [1.165, 1.54) is 34.4 Å². The van der Waals surface area contributed by atoms with E-state index in [4.69, 9.17) is 5.21 Å². The molecule has 186 valence electrons. The molecular weight excluding hydrogens is 444 g/mol. The standard InChI is InChI=1S/C26H34N6O3/c1-4-24(33)32(12-9-20-17-30(3)23-13-18(2)5-6-22(20)23)16-19-7-10-31(11-8-19)26-27-14-21(15-28-26)25(34)29-35/h5-6,13-15,17,19,35H,4,7-12,16H2,1-3H3,(H,29,34). The van der Waals surface area contributed by atoms with E-state index in [0.717, 1.165) is 45.4 Å². The van der Waals surface area contributed by atoms with Gasteiger partial charge in [-0.3, -0.25) is 14.8 Å². The fourth-order valence-electron chi connectivity index (χ4n) is 4.87. The van der Waals surface area contributed by atoms with Gasteiger partial charge in [0.05, 0.1) is 5.56 Å². The van der Waals surface area contributed by atoms with Crippen molar-refractivity contribution in [2.24, 2.45) is 13.0 Å². The third kappa shape index (κ3) is 5.62. The van der Waals surface area contributed by atoms with Gasteiger partial charge in [-0.2, -0.15) is 0 Å². The van der Waals surface area contributed by atoms with Crippen molar-refractivity contribution in [3.05, 3.63) is 53.5 Å². The second-order valence-corrected chi connectivity index (χ2v) is 9.37. The average Bonchev–Trinajstić information content (AvgIpc) is 3.20. The number of nitrogens with one attached hydrogen (secondary N) is 1. The number of amides is 2. The molecule has 4 rings (SSSR count). The lowest BCUT2D eigenvalue weighted by molar-refractivity contribution is -0.131. The molecule has 0 bridgehead atoms. The number of fused-ring (bicyclic) bond motifs is 1.